The molecule has 256 valence electrons. The number of nitrogens with zero attached hydrogens (tertiary/aromatic N) is 2. The van der Waals surface area contributed by atoms with Gasteiger partial charge in [-0.25, -0.2) is 0 Å². The van der Waals surface area contributed by atoms with E-state index in [-0.39, 0.29) is 24.1 Å². The monoisotopic (exact) mass is 658 g/mol. The van der Waals surface area contributed by atoms with Crippen LogP contribution in [0, 0.1) is 0 Å². The summed E-state index contributed by atoms with van der Waals surface area (Å²) in [6.07, 6.45) is 3.39. The molecule has 0 spiro atoms. The Morgan fingerprint density at radius 1 is 0.694 bits per heavy atom. The normalized spacial score (nSPS) is 12.9. The maximum Gasteiger partial charge on any atom is 0.246 e. The number of amides is 3. The third-order valence-corrected chi connectivity index (χ3v) is 8.64. The molecule has 7 nitrogen and oxygen atoms in total. The van der Waals surface area contributed by atoms with Crippen molar-refractivity contribution in [2.24, 2.45) is 5.73 Å². The number of carbonyl (C=O) groups is 3. The summed E-state index contributed by atoms with van der Waals surface area (Å²) in [4.78, 5) is 45.0. The summed E-state index contributed by atoms with van der Waals surface area (Å²) in [6.45, 7) is 6.14. The van der Waals surface area contributed by atoms with Crippen molar-refractivity contribution in [2.75, 3.05) is 20.6 Å². The molecule has 3 N–H and O–H groups in total. The van der Waals surface area contributed by atoms with Crippen molar-refractivity contribution in [3.63, 3.8) is 0 Å². The van der Waals surface area contributed by atoms with E-state index < -0.39 is 17.6 Å². The summed E-state index contributed by atoms with van der Waals surface area (Å²) in [7, 11) is 3.31. The van der Waals surface area contributed by atoms with Gasteiger partial charge in [0.25, 0.3) is 0 Å². The number of benzene rings is 4. The average molecular weight is 659 g/mol. The zero-order valence-corrected chi connectivity index (χ0v) is 29.4. The molecule has 0 saturated carbocycles. The molecular weight excluding hydrogens is 608 g/mol. The summed E-state index contributed by atoms with van der Waals surface area (Å²) in [5, 5.41) is 3.06. The van der Waals surface area contributed by atoms with E-state index in [0.29, 0.717) is 25.8 Å². The van der Waals surface area contributed by atoms with E-state index in [1.54, 1.807) is 20.2 Å². The molecule has 0 aromatic heterocycles. The highest BCUT2D eigenvalue weighted by molar-refractivity contribution is 5.95. The van der Waals surface area contributed by atoms with Crippen LogP contribution in [0.5, 0.6) is 0 Å². The molecule has 2 atom stereocenters. The smallest absolute Gasteiger partial charge is 0.246 e. The minimum atomic E-state index is -0.856. The van der Waals surface area contributed by atoms with Gasteiger partial charge in [0.2, 0.25) is 17.7 Å². The summed E-state index contributed by atoms with van der Waals surface area (Å²) >= 11 is 0. The lowest BCUT2D eigenvalue weighted by Crippen LogP contribution is -2.56. The predicted molar refractivity (Wildman–Crippen MR) is 199 cm³/mol. The Morgan fingerprint density at radius 2 is 1.18 bits per heavy atom. The van der Waals surface area contributed by atoms with E-state index >= 15 is 0 Å². The molecule has 0 unspecified atom stereocenters. The Labute approximate surface area is 291 Å². The molecule has 49 heavy (non-hydrogen) atoms. The van der Waals surface area contributed by atoms with Crippen molar-refractivity contribution in [2.45, 2.75) is 64.1 Å². The first-order chi connectivity index (χ1) is 23.4. The topological polar surface area (TPSA) is 95.7 Å². The Hall–Kier alpha value is -5.01. The minimum Gasteiger partial charge on any atom is -0.354 e. The zero-order valence-electron chi connectivity index (χ0n) is 29.4. The van der Waals surface area contributed by atoms with Crippen molar-refractivity contribution >= 4 is 17.7 Å². The van der Waals surface area contributed by atoms with E-state index in [1.807, 2.05) is 124 Å². The standard InChI is InChI=1S/C42H50N4O3/c1-31(30-42(2,3)43)27-39(47)45(4)38(29-34-21-23-36(24-22-34)35-19-13-8-14-20-35)41(49)46(5)37(28-33-17-11-7-12-18-33)40(48)44-26-25-32-15-9-6-10-16-32/h6-24,27,37-38H,25-26,28-30,43H2,1-5H3,(H,44,48)/t37-,38-/m1/s1. The van der Waals surface area contributed by atoms with Gasteiger partial charge in [0.05, 0.1) is 0 Å². The Morgan fingerprint density at radius 3 is 1.76 bits per heavy atom. The molecule has 0 heterocycles. The molecule has 7 heteroatoms. The highest BCUT2D eigenvalue weighted by Gasteiger charge is 2.35. The van der Waals surface area contributed by atoms with Crippen LogP contribution in [-0.4, -0.2) is 65.8 Å². The third-order valence-electron chi connectivity index (χ3n) is 8.64. The fourth-order valence-corrected chi connectivity index (χ4v) is 6.04. The second-order valence-corrected chi connectivity index (χ2v) is 13.6. The maximum absolute atomic E-state index is 14.5. The molecule has 0 bridgehead atoms. The van der Waals surface area contributed by atoms with Gasteiger partial charge in [0.15, 0.2) is 0 Å². The van der Waals surface area contributed by atoms with E-state index in [4.69, 9.17) is 5.73 Å². The minimum absolute atomic E-state index is 0.239. The average Bonchev–Trinajstić information content (AvgIpc) is 3.09. The van der Waals surface area contributed by atoms with Gasteiger partial charge in [0, 0.05) is 45.1 Å². The lowest BCUT2D eigenvalue weighted by Gasteiger charge is -2.34. The number of rotatable bonds is 15. The van der Waals surface area contributed by atoms with Gasteiger partial charge in [-0.15, -0.1) is 0 Å². The Kier molecular flexibility index (Phi) is 13.1. The molecule has 0 saturated heterocycles. The lowest BCUT2D eigenvalue weighted by atomic mass is 9.96. The van der Waals surface area contributed by atoms with Gasteiger partial charge >= 0.3 is 0 Å². The van der Waals surface area contributed by atoms with Crippen molar-refractivity contribution in [1.29, 1.82) is 0 Å². The van der Waals surface area contributed by atoms with E-state index in [0.717, 1.165) is 33.4 Å². The fraction of sp³-hybridized carbons (Fsp3) is 0.310. The number of hydrogen-bond acceptors (Lipinski definition) is 4. The van der Waals surface area contributed by atoms with Crippen LogP contribution in [0.4, 0.5) is 0 Å². The van der Waals surface area contributed by atoms with Crippen molar-refractivity contribution in [3.8, 4) is 11.1 Å². The van der Waals surface area contributed by atoms with Crippen LogP contribution < -0.4 is 11.1 Å². The van der Waals surface area contributed by atoms with Gasteiger partial charge < -0.3 is 20.9 Å². The molecule has 0 aliphatic carbocycles. The highest BCUT2D eigenvalue weighted by Crippen LogP contribution is 2.22. The number of nitrogens with two attached hydrogens (primary N) is 1. The van der Waals surface area contributed by atoms with Gasteiger partial charge in [0.1, 0.15) is 12.1 Å². The number of likely N-dealkylation sites (N-methyl/N-ethyl adjacent to an activating group) is 2. The highest BCUT2D eigenvalue weighted by atomic mass is 16.2. The van der Waals surface area contributed by atoms with Gasteiger partial charge in [-0.05, 0) is 61.4 Å². The van der Waals surface area contributed by atoms with Crippen molar-refractivity contribution in [1.82, 2.24) is 15.1 Å². The molecule has 4 aromatic carbocycles. The first-order valence-electron chi connectivity index (χ1n) is 16.9. The number of carbonyl (C=O) groups excluding carboxylic acids is 3. The van der Waals surface area contributed by atoms with E-state index in [1.165, 1.54) is 9.80 Å². The molecule has 4 aromatic rings. The molecule has 0 aliphatic heterocycles. The summed E-state index contributed by atoms with van der Waals surface area (Å²) < 4.78 is 0. The molecule has 0 radical (unpaired) electrons. The van der Waals surface area contributed by atoms with Crippen molar-refractivity contribution in [3.05, 3.63) is 144 Å². The van der Waals surface area contributed by atoms with Crippen LogP contribution in [0.3, 0.4) is 0 Å². The molecule has 3 amide bonds. The SMILES string of the molecule is CC(=CC(=O)N(C)[C@H](Cc1ccc(-c2ccccc2)cc1)C(=O)N(C)[C@H](Cc1ccccc1)C(=O)NCCc1ccccc1)CC(C)(C)N. The van der Waals surface area contributed by atoms with Crippen LogP contribution in [0.25, 0.3) is 11.1 Å². The fourth-order valence-electron chi connectivity index (χ4n) is 6.04. The summed E-state index contributed by atoms with van der Waals surface area (Å²) in [5.74, 6) is -0.842. The second-order valence-electron chi connectivity index (χ2n) is 13.6. The second kappa shape index (κ2) is 17.4. The molecular formula is C42H50N4O3. The summed E-state index contributed by atoms with van der Waals surface area (Å²) in [5.41, 5.74) is 11.7. The Bertz CT molecular complexity index is 1680. The van der Waals surface area contributed by atoms with Crippen LogP contribution in [-0.2, 0) is 33.6 Å². The number of hydrogen-bond donors (Lipinski definition) is 2. The first-order valence-corrected chi connectivity index (χ1v) is 16.9. The summed E-state index contributed by atoms with van der Waals surface area (Å²) in [6, 6.07) is 36.1. The maximum atomic E-state index is 14.5. The van der Waals surface area contributed by atoms with Gasteiger partial charge in [-0.1, -0.05) is 121 Å². The van der Waals surface area contributed by atoms with E-state index in [2.05, 4.69) is 17.4 Å². The predicted octanol–water partition coefficient (Wildman–Crippen LogP) is 6.23. The van der Waals surface area contributed by atoms with Gasteiger partial charge in [-0.2, -0.15) is 0 Å². The number of nitrogens with one attached hydrogen (secondary N) is 1. The van der Waals surface area contributed by atoms with Crippen LogP contribution in [0.2, 0.25) is 0 Å². The first kappa shape index (κ1) is 36.8. The quantitative estimate of drug-likeness (QED) is 0.148. The largest absolute Gasteiger partial charge is 0.354 e. The Balaban J connectivity index is 1.61. The van der Waals surface area contributed by atoms with Gasteiger partial charge in [-0.3, -0.25) is 14.4 Å². The van der Waals surface area contributed by atoms with Crippen LogP contribution in [0.1, 0.15) is 43.9 Å². The lowest BCUT2D eigenvalue weighted by molar-refractivity contribution is -0.146. The molecule has 4 rings (SSSR count). The van der Waals surface area contributed by atoms with E-state index in [9.17, 15) is 14.4 Å². The molecule has 0 fully saturated rings. The van der Waals surface area contributed by atoms with Crippen LogP contribution in [0.15, 0.2) is 127 Å². The van der Waals surface area contributed by atoms with Crippen LogP contribution >= 0.6 is 0 Å². The third kappa shape index (κ3) is 11.3. The van der Waals surface area contributed by atoms with Crippen molar-refractivity contribution < 1.29 is 14.4 Å². The zero-order chi connectivity index (χ0) is 35.4. The molecule has 0 aliphatic rings.